The molecule has 0 radical (unpaired) electrons. The summed E-state index contributed by atoms with van der Waals surface area (Å²) in [5.74, 6) is 0.587. The highest BCUT2D eigenvalue weighted by Crippen LogP contribution is 2.44. The van der Waals surface area contributed by atoms with Gasteiger partial charge in [0.15, 0.2) is 0 Å². The number of urea groups is 1. The monoisotopic (exact) mass is 439 g/mol. The number of amides is 2. The average molecular weight is 440 g/mol. The molecular weight excluding hydrogens is 406 g/mol. The van der Waals surface area contributed by atoms with E-state index < -0.39 is 0 Å². The van der Waals surface area contributed by atoms with Crippen molar-refractivity contribution < 1.29 is 9.53 Å². The molecule has 2 aliphatic carbocycles. The van der Waals surface area contributed by atoms with Crippen molar-refractivity contribution in [2.45, 2.75) is 76.3 Å². The predicted molar refractivity (Wildman–Crippen MR) is 123 cm³/mol. The molecular formula is C25H33N3O2S. The number of nitrogens with one attached hydrogen (secondary N) is 2. The summed E-state index contributed by atoms with van der Waals surface area (Å²) in [4.78, 5) is 18.7. The molecule has 2 fully saturated rings. The third kappa shape index (κ3) is 4.96. The van der Waals surface area contributed by atoms with E-state index in [0.29, 0.717) is 23.9 Å². The lowest BCUT2D eigenvalue weighted by molar-refractivity contribution is -0.00860. The van der Waals surface area contributed by atoms with Crippen molar-refractivity contribution in [2.24, 2.45) is 5.41 Å². The Morgan fingerprint density at radius 1 is 1.10 bits per heavy atom. The van der Waals surface area contributed by atoms with Crippen molar-refractivity contribution in [1.82, 2.24) is 15.6 Å². The van der Waals surface area contributed by atoms with E-state index in [2.05, 4.69) is 41.0 Å². The Labute approximate surface area is 189 Å². The second-order valence-electron chi connectivity index (χ2n) is 9.54. The Balaban J connectivity index is 1.09. The molecule has 2 heterocycles. The van der Waals surface area contributed by atoms with Crippen molar-refractivity contribution in [3.63, 3.8) is 0 Å². The molecule has 6 heteroatoms. The number of nitrogens with zero attached hydrogens (tertiary/aromatic N) is 1. The normalized spacial score (nSPS) is 23.3. The smallest absolute Gasteiger partial charge is 0.315 e. The summed E-state index contributed by atoms with van der Waals surface area (Å²) in [7, 11) is 0. The third-order valence-electron chi connectivity index (χ3n) is 7.59. The lowest BCUT2D eigenvalue weighted by atomic mass is 9.68. The maximum absolute atomic E-state index is 12.5. The van der Waals surface area contributed by atoms with E-state index in [0.717, 1.165) is 50.3 Å². The number of ether oxygens (including phenoxy) is 1. The molecule has 0 bridgehead atoms. The van der Waals surface area contributed by atoms with Crippen LogP contribution >= 0.6 is 11.3 Å². The molecule has 2 amide bonds. The molecule has 1 aromatic carbocycles. The van der Waals surface area contributed by atoms with Gasteiger partial charge in [0, 0.05) is 24.1 Å². The van der Waals surface area contributed by atoms with Gasteiger partial charge in [-0.1, -0.05) is 30.3 Å². The maximum Gasteiger partial charge on any atom is 0.315 e. The molecule has 1 atom stereocenters. The number of thiazole rings is 1. The number of aryl methyl sites for hydroxylation is 1. The molecule has 1 aliphatic heterocycles. The number of hydrogen-bond donors (Lipinski definition) is 2. The van der Waals surface area contributed by atoms with Crippen LogP contribution in [-0.4, -0.2) is 30.3 Å². The summed E-state index contributed by atoms with van der Waals surface area (Å²) in [6, 6.07) is 11.0. The van der Waals surface area contributed by atoms with Gasteiger partial charge in [-0.3, -0.25) is 0 Å². The van der Waals surface area contributed by atoms with Crippen LogP contribution in [0.1, 0.15) is 72.0 Å². The van der Waals surface area contributed by atoms with Gasteiger partial charge in [-0.2, -0.15) is 0 Å². The van der Waals surface area contributed by atoms with E-state index in [4.69, 9.17) is 9.72 Å². The zero-order chi connectivity index (χ0) is 21.1. The van der Waals surface area contributed by atoms with Gasteiger partial charge in [0.1, 0.15) is 5.01 Å². The lowest BCUT2D eigenvalue weighted by Crippen LogP contribution is -2.45. The Kier molecular flexibility index (Phi) is 6.28. The minimum absolute atomic E-state index is 0.0525. The molecule has 1 saturated heterocycles. The van der Waals surface area contributed by atoms with E-state index in [1.807, 2.05) is 0 Å². The van der Waals surface area contributed by atoms with Crippen molar-refractivity contribution in [1.29, 1.82) is 0 Å². The fraction of sp³-hybridized carbons (Fsp3) is 0.600. The number of rotatable bonds is 4. The minimum atomic E-state index is -0.0525. The second kappa shape index (κ2) is 9.29. The maximum atomic E-state index is 12.5. The summed E-state index contributed by atoms with van der Waals surface area (Å²) in [6.45, 7) is 2.33. The lowest BCUT2D eigenvalue weighted by Gasteiger charge is -2.42. The van der Waals surface area contributed by atoms with Crippen molar-refractivity contribution in [2.75, 3.05) is 13.2 Å². The van der Waals surface area contributed by atoms with Gasteiger partial charge in [-0.05, 0) is 74.7 Å². The van der Waals surface area contributed by atoms with Crippen LogP contribution in [0, 0.1) is 5.41 Å². The fourth-order valence-corrected chi connectivity index (χ4v) is 6.72. The molecule has 31 heavy (non-hydrogen) atoms. The summed E-state index contributed by atoms with van der Waals surface area (Å²) in [5.41, 5.74) is 3.14. The van der Waals surface area contributed by atoms with Gasteiger partial charge in [0.25, 0.3) is 0 Å². The number of fused-ring (bicyclic) bond motifs is 1. The van der Waals surface area contributed by atoms with Crippen LogP contribution in [0.15, 0.2) is 30.3 Å². The molecule has 1 aromatic heterocycles. The van der Waals surface area contributed by atoms with Crippen molar-refractivity contribution >= 4 is 17.4 Å². The molecule has 1 unspecified atom stereocenters. The van der Waals surface area contributed by atoms with E-state index in [-0.39, 0.29) is 6.03 Å². The highest BCUT2D eigenvalue weighted by Gasteiger charge is 2.37. The van der Waals surface area contributed by atoms with Crippen LogP contribution in [-0.2, 0) is 24.1 Å². The van der Waals surface area contributed by atoms with Crippen LogP contribution in [0.2, 0.25) is 0 Å². The van der Waals surface area contributed by atoms with Crippen molar-refractivity contribution in [3.05, 3.63) is 51.5 Å². The van der Waals surface area contributed by atoms with Crippen LogP contribution in [0.5, 0.6) is 0 Å². The minimum Gasteiger partial charge on any atom is -0.381 e. The first-order chi connectivity index (χ1) is 15.2. The highest BCUT2D eigenvalue weighted by atomic mass is 32.1. The third-order valence-corrected chi connectivity index (χ3v) is 8.71. The Morgan fingerprint density at radius 3 is 2.65 bits per heavy atom. The average Bonchev–Trinajstić information content (AvgIpc) is 3.23. The van der Waals surface area contributed by atoms with Gasteiger partial charge in [0.2, 0.25) is 0 Å². The number of aromatic nitrogens is 1. The zero-order valence-electron chi connectivity index (χ0n) is 18.2. The van der Waals surface area contributed by atoms with Crippen LogP contribution in [0.25, 0.3) is 0 Å². The summed E-state index contributed by atoms with van der Waals surface area (Å²) >= 11 is 1.77. The molecule has 2 aromatic rings. The van der Waals surface area contributed by atoms with Gasteiger partial charge in [-0.15, -0.1) is 11.3 Å². The molecule has 5 rings (SSSR count). The standard InChI is InChI=1S/C25H33N3O2S/c29-24(27-20-8-10-25(11-9-20)12-14-30-15-13-25)26-17-23-28-21-7-6-19(16-22(21)31-23)18-4-2-1-3-5-18/h1-5,19-20H,6-17H2,(H2,26,27,29). The Bertz CT molecular complexity index is 881. The first kappa shape index (κ1) is 21.0. The Hall–Kier alpha value is -1.92. The Morgan fingerprint density at radius 2 is 1.87 bits per heavy atom. The van der Waals surface area contributed by atoms with Gasteiger partial charge in [0.05, 0.1) is 12.2 Å². The van der Waals surface area contributed by atoms with Crippen molar-refractivity contribution in [3.8, 4) is 0 Å². The number of carbonyl (C=O) groups is 1. The van der Waals surface area contributed by atoms with Crippen LogP contribution in [0.3, 0.4) is 0 Å². The summed E-state index contributed by atoms with van der Waals surface area (Å²) in [6.07, 6.45) is 10.2. The topological polar surface area (TPSA) is 63.2 Å². The molecule has 5 nitrogen and oxygen atoms in total. The quantitative estimate of drug-likeness (QED) is 0.708. The molecule has 3 aliphatic rings. The summed E-state index contributed by atoms with van der Waals surface area (Å²) < 4.78 is 5.54. The fourth-order valence-electron chi connectivity index (χ4n) is 5.58. The number of carbonyl (C=O) groups excluding carboxylic acids is 1. The van der Waals surface area contributed by atoms with E-state index in [9.17, 15) is 4.79 Å². The van der Waals surface area contributed by atoms with E-state index in [1.54, 1.807) is 11.3 Å². The predicted octanol–water partition coefficient (Wildman–Crippen LogP) is 4.95. The van der Waals surface area contributed by atoms with Crippen LogP contribution in [0.4, 0.5) is 4.79 Å². The number of benzene rings is 1. The largest absolute Gasteiger partial charge is 0.381 e. The van der Waals surface area contributed by atoms with Gasteiger partial charge in [-0.25, -0.2) is 9.78 Å². The van der Waals surface area contributed by atoms with Gasteiger partial charge >= 0.3 is 6.03 Å². The second-order valence-corrected chi connectivity index (χ2v) is 10.7. The molecule has 1 saturated carbocycles. The summed E-state index contributed by atoms with van der Waals surface area (Å²) in [5, 5.41) is 7.27. The van der Waals surface area contributed by atoms with Gasteiger partial charge < -0.3 is 15.4 Å². The number of hydrogen-bond acceptors (Lipinski definition) is 4. The van der Waals surface area contributed by atoms with E-state index in [1.165, 1.54) is 41.8 Å². The SMILES string of the molecule is O=C(NCc1nc2c(s1)CC(c1ccccc1)CC2)NC1CCC2(CCOCC2)CC1. The molecule has 166 valence electrons. The zero-order valence-corrected chi connectivity index (χ0v) is 19.0. The first-order valence-electron chi connectivity index (χ1n) is 11.8. The first-order valence-corrected chi connectivity index (χ1v) is 12.7. The molecule has 2 N–H and O–H groups in total. The molecule has 1 spiro atoms. The van der Waals surface area contributed by atoms with Crippen LogP contribution < -0.4 is 10.6 Å². The van der Waals surface area contributed by atoms with E-state index >= 15 is 0 Å². The highest BCUT2D eigenvalue weighted by molar-refractivity contribution is 7.11.